The Morgan fingerprint density at radius 3 is 2.59 bits per heavy atom. The average molecular weight is 435 g/mol. The summed E-state index contributed by atoms with van der Waals surface area (Å²) in [4.78, 5) is 37.2. The molecule has 0 saturated carbocycles. The monoisotopic (exact) mass is 435 g/mol. The fourth-order valence-electron chi connectivity index (χ4n) is 2.17. The van der Waals surface area contributed by atoms with Gasteiger partial charge in [-0.25, -0.2) is 4.79 Å². The standard InChI is InChI=1S/C17H30N3O8P/c1-13(21)18-15-6-7-20(17(22)19-15)16(12-26-9-8-24-2)28-14(10-25-3)11-27-29(4,5)23/h6-7,14,16,23H,4,8-12H2,1-3,5H3,(H,18,19,21,22)/t14-,16-,29?/m1/s1. The van der Waals surface area contributed by atoms with E-state index in [0.29, 0.717) is 13.2 Å². The summed E-state index contributed by atoms with van der Waals surface area (Å²) in [7, 11) is 0.319. The van der Waals surface area contributed by atoms with Crippen LogP contribution in [0.25, 0.3) is 0 Å². The number of rotatable bonds is 14. The second-order valence-corrected chi connectivity index (χ2v) is 8.63. The highest BCUT2D eigenvalue weighted by Gasteiger charge is 2.22. The van der Waals surface area contributed by atoms with Crippen molar-refractivity contribution in [2.45, 2.75) is 19.3 Å². The Kier molecular flexibility index (Phi) is 11.3. The van der Waals surface area contributed by atoms with Gasteiger partial charge in [0.05, 0.1) is 33.0 Å². The fourth-order valence-corrected chi connectivity index (χ4v) is 2.66. The molecule has 0 spiro atoms. The molecule has 0 aliphatic rings. The lowest BCUT2D eigenvalue weighted by Gasteiger charge is -2.27. The van der Waals surface area contributed by atoms with Crippen LogP contribution in [0.15, 0.2) is 17.1 Å². The van der Waals surface area contributed by atoms with Gasteiger partial charge in [0.2, 0.25) is 5.91 Å². The maximum absolute atomic E-state index is 12.4. The van der Waals surface area contributed by atoms with Crippen LogP contribution < -0.4 is 11.0 Å². The van der Waals surface area contributed by atoms with Gasteiger partial charge in [0.15, 0.2) is 6.23 Å². The van der Waals surface area contributed by atoms with Crippen molar-refractivity contribution in [2.24, 2.45) is 0 Å². The molecule has 0 aliphatic carbocycles. The van der Waals surface area contributed by atoms with E-state index < -0.39 is 25.4 Å². The van der Waals surface area contributed by atoms with Crippen molar-refractivity contribution in [3.05, 3.63) is 22.7 Å². The predicted octanol–water partition coefficient (Wildman–Crippen LogP) is 0.313. The molecule has 1 amide bonds. The number of nitrogens with zero attached hydrogens (tertiary/aromatic N) is 2. The molecule has 29 heavy (non-hydrogen) atoms. The fraction of sp³-hybridized carbons (Fsp3) is 0.647. The van der Waals surface area contributed by atoms with E-state index in [1.807, 2.05) is 0 Å². The summed E-state index contributed by atoms with van der Waals surface area (Å²) in [6.07, 6.45) is 3.55. The van der Waals surface area contributed by atoms with Crippen molar-refractivity contribution in [3.8, 4) is 0 Å². The molecule has 0 aliphatic heterocycles. The maximum Gasteiger partial charge on any atom is 0.351 e. The van der Waals surface area contributed by atoms with Crippen LogP contribution >= 0.6 is 7.34 Å². The zero-order chi connectivity index (χ0) is 21.9. The third kappa shape index (κ3) is 10.7. The van der Waals surface area contributed by atoms with Crippen LogP contribution in [0.4, 0.5) is 5.82 Å². The topological polar surface area (TPSA) is 130 Å². The van der Waals surface area contributed by atoms with Gasteiger partial charge in [-0.3, -0.25) is 9.36 Å². The minimum atomic E-state index is -2.72. The lowest BCUT2D eigenvalue weighted by Crippen LogP contribution is -2.36. The minimum Gasteiger partial charge on any atom is -0.382 e. The second-order valence-electron chi connectivity index (χ2n) is 6.27. The number of anilines is 1. The molecular weight excluding hydrogens is 405 g/mol. The van der Waals surface area contributed by atoms with Crippen molar-refractivity contribution in [3.63, 3.8) is 0 Å². The minimum absolute atomic E-state index is 0.0127. The van der Waals surface area contributed by atoms with Gasteiger partial charge >= 0.3 is 5.69 Å². The third-order valence-corrected chi connectivity index (χ3v) is 4.08. The first-order chi connectivity index (χ1) is 13.7. The summed E-state index contributed by atoms with van der Waals surface area (Å²) in [6.45, 7) is 3.68. The van der Waals surface area contributed by atoms with Gasteiger partial charge in [0.25, 0.3) is 0 Å². The van der Waals surface area contributed by atoms with Crippen LogP contribution in [0.2, 0.25) is 0 Å². The van der Waals surface area contributed by atoms with Crippen LogP contribution in [0, 0.1) is 0 Å². The summed E-state index contributed by atoms with van der Waals surface area (Å²) in [5.74, 6) is -0.210. The van der Waals surface area contributed by atoms with E-state index >= 15 is 0 Å². The molecule has 1 heterocycles. The first-order valence-electron chi connectivity index (χ1n) is 8.82. The van der Waals surface area contributed by atoms with Gasteiger partial charge in [-0.1, -0.05) is 6.30 Å². The highest BCUT2D eigenvalue weighted by atomic mass is 31.2. The van der Waals surface area contributed by atoms with E-state index in [9.17, 15) is 14.5 Å². The lowest BCUT2D eigenvalue weighted by atomic mass is 10.4. The molecule has 2 N–H and O–H groups in total. The SMILES string of the molecule is C=P(C)(O)OC[C@@H](COC)O[C@H](COCCOC)n1ccc(NC(C)=O)nc1=O. The van der Waals surface area contributed by atoms with Crippen molar-refractivity contribution < 1.29 is 33.2 Å². The molecule has 1 rings (SSSR count). The molecule has 0 aromatic carbocycles. The molecular formula is C17H30N3O8P. The molecule has 1 aromatic heterocycles. The quantitative estimate of drug-likeness (QED) is 0.313. The number of hydrogen-bond acceptors (Lipinski definition) is 9. The highest BCUT2D eigenvalue weighted by molar-refractivity contribution is 7.62. The van der Waals surface area contributed by atoms with Crippen molar-refractivity contribution in [1.82, 2.24) is 9.55 Å². The van der Waals surface area contributed by atoms with E-state index in [0.717, 1.165) is 0 Å². The van der Waals surface area contributed by atoms with Crippen LogP contribution in [0.3, 0.4) is 0 Å². The molecule has 166 valence electrons. The number of carbonyl (C=O) groups excluding carboxylic acids is 1. The maximum atomic E-state index is 12.4. The first kappa shape index (κ1) is 25.4. The molecule has 0 saturated heterocycles. The molecule has 1 aromatic rings. The van der Waals surface area contributed by atoms with E-state index in [2.05, 4.69) is 16.6 Å². The van der Waals surface area contributed by atoms with Crippen LogP contribution in [-0.4, -0.2) is 86.7 Å². The summed E-state index contributed by atoms with van der Waals surface area (Å²) in [5, 5.41) is 2.45. The van der Waals surface area contributed by atoms with Gasteiger partial charge in [-0.05, 0) is 6.07 Å². The van der Waals surface area contributed by atoms with E-state index in [-0.39, 0.29) is 31.5 Å². The zero-order valence-electron chi connectivity index (χ0n) is 17.2. The summed E-state index contributed by atoms with van der Waals surface area (Å²) >= 11 is 0. The van der Waals surface area contributed by atoms with Gasteiger partial charge in [-0.2, -0.15) is 4.98 Å². The molecule has 0 radical (unpaired) electrons. The highest BCUT2D eigenvalue weighted by Crippen LogP contribution is 2.36. The molecule has 3 atom stereocenters. The number of amides is 1. The van der Waals surface area contributed by atoms with E-state index in [1.165, 1.54) is 37.5 Å². The van der Waals surface area contributed by atoms with Crippen LogP contribution in [-0.2, 0) is 28.3 Å². The largest absolute Gasteiger partial charge is 0.382 e. The lowest BCUT2D eigenvalue weighted by molar-refractivity contribution is -0.127. The number of methoxy groups -OCH3 is 2. The molecule has 11 nitrogen and oxygen atoms in total. The Morgan fingerprint density at radius 2 is 2.03 bits per heavy atom. The third-order valence-electron chi connectivity index (χ3n) is 3.38. The van der Waals surface area contributed by atoms with Gasteiger partial charge in [-0.15, -0.1) is 0 Å². The van der Waals surface area contributed by atoms with E-state index in [1.54, 1.807) is 7.11 Å². The van der Waals surface area contributed by atoms with Crippen molar-refractivity contribution in [1.29, 1.82) is 0 Å². The number of ether oxygens (including phenoxy) is 4. The number of carbonyl (C=O) groups is 1. The molecule has 12 heteroatoms. The average Bonchev–Trinajstić information content (AvgIpc) is 2.61. The smallest absolute Gasteiger partial charge is 0.351 e. The summed E-state index contributed by atoms with van der Waals surface area (Å²) < 4.78 is 28.1. The van der Waals surface area contributed by atoms with Gasteiger partial charge in [0.1, 0.15) is 19.3 Å². The summed E-state index contributed by atoms with van der Waals surface area (Å²) in [5.41, 5.74) is -0.634. The Bertz CT molecular complexity index is 736. The number of aromatic nitrogens is 2. The Morgan fingerprint density at radius 1 is 1.31 bits per heavy atom. The van der Waals surface area contributed by atoms with Gasteiger partial charge < -0.3 is 33.7 Å². The van der Waals surface area contributed by atoms with Crippen LogP contribution in [0.1, 0.15) is 13.2 Å². The number of hydrogen-bond donors (Lipinski definition) is 2. The van der Waals surface area contributed by atoms with E-state index in [4.69, 9.17) is 23.5 Å². The Hall–Kier alpha value is -1.59. The van der Waals surface area contributed by atoms with Crippen LogP contribution in [0.5, 0.6) is 0 Å². The normalized spacial score (nSPS) is 15.5. The first-order valence-corrected chi connectivity index (χ1v) is 11.1. The predicted molar refractivity (Wildman–Crippen MR) is 109 cm³/mol. The second kappa shape index (κ2) is 12.9. The van der Waals surface area contributed by atoms with Gasteiger partial charge in [0, 0.05) is 34.0 Å². The summed E-state index contributed by atoms with van der Waals surface area (Å²) in [6, 6.07) is 1.47. The Labute approximate surface area is 170 Å². The Balaban J connectivity index is 3.00. The molecule has 0 bridgehead atoms. The number of nitrogens with one attached hydrogen (secondary N) is 1. The molecule has 0 fully saturated rings. The van der Waals surface area contributed by atoms with Crippen molar-refractivity contribution >= 4 is 25.4 Å². The zero-order valence-corrected chi connectivity index (χ0v) is 18.1. The van der Waals surface area contributed by atoms with Crippen molar-refractivity contribution in [2.75, 3.05) is 59.2 Å². The molecule has 1 unspecified atom stereocenters.